The highest BCUT2D eigenvalue weighted by molar-refractivity contribution is 4.83. The topological polar surface area (TPSA) is 24.1 Å². The quantitative estimate of drug-likeness (QED) is 0.634. The van der Waals surface area contributed by atoms with Crippen LogP contribution < -0.4 is 10.6 Å². The Balaban J connectivity index is 2.07. The Kier molecular flexibility index (Phi) is 5.62. The van der Waals surface area contributed by atoms with Gasteiger partial charge >= 0.3 is 0 Å². The van der Waals surface area contributed by atoms with Gasteiger partial charge in [-0.15, -0.1) is 0 Å². The molecule has 0 aliphatic heterocycles. The summed E-state index contributed by atoms with van der Waals surface area (Å²) in [7, 11) is 0. The second-order valence-corrected chi connectivity index (χ2v) is 5.50. The van der Waals surface area contributed by atoms with Crippen molar-refractivity contribution in [1.29, 1.82) is 0 Å². The van der Waals surface area contributed by atoms with Crippen molar-refractivity contribution >= 4 is 0 Å². The van der Waals surface area contributed by atoms with Gasteiger partial charge in [0, 0.05) is 19.1 Å². The van der Waals surface area contributed by atoms with Crippen molar-refractivity contribution < 1.29 is 0 Å². The van der Waals surface area contributed by atoms with E-state index < -0.39 is 0 Å². The Labute approximate surface area is 95.2 Å². The second kappa shape index (κ2) is 6.49. The van der Waals surface area contributed by atoms with Gasteiger partial charge in [-0.2, -0.15) is 0 Å². The summed E-state index contributed by atoms with van der Waals surface area (Å²) in [5, 5.41) is 7.12. The lowest BCUT2D eigenvalue weighted by Crippen LogP contribution is -2.41. The molecule has 1 fully saturated rings. The second-order valence-electron chi connectivity index (χ2n) is 5.50. The molecule has 2 heteroatoms. The monoisotopic (exact) mass is 212 g/mol. The van der Waals surface area contributed by atoms with Gasteiger partial charge in [0.05, 0.1) is 0 Å². The van der Waals surface area contributed by atoms with E-state index >= 15 is 0 Å². The highest BCUT2D eigenvalue weighted by Gasteiger charge is 2.28. The fourth-order valence-corrected chi connectivity index (χ4v) is 2.39. The fraction of sp³-hybridized carbons (Fsp3) is 1.00. The van der Waals surface area contributed by atoms with Crippen molar-refractivity contribution in [3.8, 4) is 0 Å². The van der Waals surface area contributed by atoms with Crippen LogP contribution >= 0.6 is 0 Å². The van der Waals surface area contributed by atoms with Gasteiger partial charge in [-0.05, 0) is 38.1 Å². The van der Waals surface area contributed by atoms with E-state index in [0.29, 0.717) is 11.5 Å². The van der Waals surface area contributed by atoms with Crippen molar-refractivity contribution in [2.45, 2.75) is 58.9 Å². The molecule has 15 heavy (non-hydrogen) atoms. The highest BCUT2D eigenvalue weighted by atomic mass is 15.0. The molecule has 1 aliphatic rings. The predicted octanol–water partition coefficient (Wildman–Crippen LogP) is 2.54. The molecule has 0 saturated heterocycles. The molecule has 0 aromatic carbocycles. The molecule has 0 amide bonds. The molecule has 0 aromatic heterocycles. The van der Waals surface area contributed by atoms with E-state index in [4.69, 9.17) is 0 Å². The molecule has 1 rings (SSSR count). The van der Waals surface area contributed by atoms with Gasteiger partial charge < -0.3 is 10.6 Å². The SMILES string of the molecule is CCCNCC(C)NCC1(C)CCCC1. The number of hydrogen-bond acceptors (Lipinski definition) is 2. The minimum atomic E-state index is 0.582. The van der Waals surface area contributed by atoms with Crippen molar-refractivity contribution in [2.75, 3.05) is 19.6 Å². The maximum absolute atomic E-state index is 3.66. The van der Waals surface area contributed by atoms with Crippen LogP contribution in [0.25, 0.3) is 0 Å². The van der Waals surface area contributed by atoms with Gasteiger partial charge in [0.15, 0.2) is 0 Å². The first-order valence-electron chi connectivity index (χ1n) is 6.60. The van der Waals surface area contributed by atoms with E-state index in [2.05, 4.69) is 31.4 Å². The molecule has 2 nitrogen and oxygen atoms in total. The van der Waals surface area contributed by atoms with Crippen LogP contribution in [0.3, 0.4) is 0 Å². The zero-order valence-electron chi connectivity index (χ0n) is 10.7. The predicted molar refractivity (Wildman–Crippen MR) is 67.2 cm³/mol. The van der Waals surface area contributed by atoms with Crippen LogP contribution in [0.2, 0.25) is 0 Å². The lowest BCUT2D eigenvalue weighted by molar-refractivity contribution is 0.298. The summed E-state index contributed by atoms with van der Waals surface area (Å²) >= 11 is 0. The molecule has 0 heterocycles. The number of nitrogens with one attached hydrogen (secondary N) is 2. The Bertz CT molecular complexity index is 162. The molecule has 1 unspecified atom stereocenters. The summed E-state index contributed by atoms with van der Waals surface area (Å²) in [5.41, 5.74) is 0.582. The lowest BCUT2D eigenvalue weighted by Gasteiger charge is -2.26. The summed E-state index contributed by atoms with van der Waals surface area (Å²) < 4.78 is 0. The molecule has 0 aromatic rings. The van der Waals surface area contributed by atoms with Gasteiger partial charge in [-0.3, -0.25) is 0 Å². The molecule has 1 atom stereocenters. The molecule has 90 valence electrons. The number of rotatable bonds is 7. The van der Waals surface area contributed by atoms with E-state index in [9.17, 15) is 0 Å². The van der Waals surface area contributed by atoms with E-state index in [1.165, 1.54) is 38.6 Å². The summed E-state index contributed by atoms with van der Waals surface area (Å²) in [6.07, 6.45) is 6.91. The molecule has 2 N–H and O–H groups in total. The van der Waals surface area contributed by atoms with Crippen LogP contribution in [0.1, 0.15) is 52.9 Å². The minimum Gasteiger partial charge on any atom is -0.315 e. The lowest BCUT2D eigenvalue weighted by atomic mass is 9.89. The average molecular weight is 212 g/mol. The van der Waals surface area contributed by atoms with Crippen molar-refractivity contribution in [1.82, 2.24) is 10.6 Å². The molecule has 0 spiro atoms. The van der Waals surface area contributed by atoms with Gasteiger partial charge in [-0.1, -0.05) is 26.7 Å². The normalized spacial score (nSPS) is 21.8. The van der Waals surface area contributed by atoms with E-state index in [1.807, 2.05) is 0 Å². The molecular formula is C13H28N2. The molecule has 0 radical (unpaired) electrons. The van der Waals surface area contributed by atoms with Crippen molar-refractivity contribution in [3.63, 3.8) is 0 Å². The van der Waals surface area contributed by atoms with Crippen LogP contribution in [0.15, 0.2) is 0 Å². The summed E-state index contributed by atoms with van der Waals surface area (Å²) in [6, 6.07) is 0.606. The smallest absolute Gasteiger partial charge is 0.0164 e. The first kappa shape index (κ1) is 13.0. The van der Waals surface area contributed by atoms with Gasteiger partial charge in [-0.25, -0.2) is 0 Å². The van der Waals surface area contributed by atoms with E-state index in [-0.39, 0.29) is 0 Å². The first-order chi connectivity index (χ1) is 7.16. The van der Waals surface area contributed by atoms with Crippen LogP contribution in [-0.4, -0.2) is 25.7 Å². The van der Waals surface area contributed by atoms with Crippen molar-refractivity contribution in [3.05, 3.63) is 0 Å². The molecular weight excluding hydrogens is 184 g/mol. The first-order valence-corrected chi connectivity index (χ1v) is 6.60. The van der Waals surface area contributed by atoms with E-state index in [1.54, 1.807) is 0 Å². The summed E-state index contributed by atoms with van der Waals surface area (Å²) in [5.74, 6) is 0. The van der Waals surface area contributed by atoms with Gasteiger partial charge in [0.1, 0.15) is 0 Å². The highest BCUT2D eigenvalue weighted by Crippen LogP contribution is 2.36. The maximum Gasteiger partial charge on any atom is 0.0164 e. The maximum atomic E-state index is 3.66. The summed E-state index contributed by atoms with van der Waals surface area (Å²) in [4.78, 5) is 0. The minimum absolute atomic E-state index is 0.582. The number of hydrogen-bond donors (Lipinski definition) is 2. The summed E-state index contributed by atoms with van der Waals surface area (Å²) in [6.45, 7) is 10.4. The molecule has 1 saturated carbocycles. The van der Waals surface area contributed by atoms with Crippen LogP contribution in [0.5, 0.6) is 0 Å². The fourth-order valence-electron chi connectivity index (χ4n) is 2.39. The zero-order valence-corrected chi connectivity index (χ0v) is 10.7. The Hall–Kier alpha value is -0.0800. The van der Waals surface area contributed by atoms with E-state index in [0.717, 1.165) is 13.1 Å². The average Bonchev–Trinajstić information content (AvgIpc) is 2.64. The third-order valence-corrected chi connectivity index (χ3v) is 3.57. The Morgan fingerprint density at radius 1 is 1.27 bits per heavy atom. The zero-order chi connectivity index (χ0) is 11.1. The van der Waals surface area contributed by atoms with Gasteiger partial charge in [0.2, 0.25) is 0 Å². The van der Waals surface area contributed by atoms with Crippen LogP contribution in [0, 0.1) is 5.41 Å². The standard InChI is InChI=1S/C13H28N2/c1-4-9-14-10-12(2)15-11-13(3)7-5-6-8-13/h12,14-15H,4-11H2,1-3H3. The van der Waals surface area contributed by atoms with Gasteiger partial charge in [0.25, 0.3) is 0 Å². The van der Waals surface area contributed by atoms with Crippen LogP contribution in [0.4, 0.5) is 0 Å². The van der Waals surface area contributed by atoms with Crippen LogP contribution in [-0.2, 0) is 0 Å². The Morgan fingerprint density at radius 2 is 1.93 bits per heavy atom. The third kappa shape index (κ3) is 4.98. The largest absolute Gasteiger partial charge is 0.315 e. The third-order valence-electron chi connectivity index (χ3n) is 3.57. The molecule has 1 aliphatic carbocycles. The van der Waals surface area contributed by atoms with Crippen molar-refractivity contribution in [2.24, 2.45) is 5.41 Å². The Morgan fingerprint density at radius 3 is 2.53 bits per heavy atom. The molecule has 0 bridgehead atoms.